The van der Waals surface area contributed by atoms with Crippen molar-refractivity contribution in [2.24, 2.45) is 5.41 Å². The van der Waals surface area contributed by atoms with Gasteiger partial charge in [0.15, 0.2) is 0 Å². The number of carboxylic acid groups (broad SMARTS) is 1. The Morgan fingerprint density at radius 3 is 2.95 bits per heavy atom. The Morgan fingerprint density at radius 1 is 1.47 bits per heavy atom. The number of piperidine rings is 1. The highest BCUT2D eigenvalue weighted by molar-refractivity contribution is 5.75. The average molecular weight is 269 g/mol. The quantitative estimate of drug-likeness (QED) is 0.805. The van der Waals surface area contributed by atoms with Crippen molar-refractivity contribution in [2.45, 2.75) is 58.0 Å². The normalized spacial score (nSPS) is 32.6. The number of carboxylic acids is 1. The monoisotopic (exact) mass is 269 g/mol. The molecule has 2 aliphatic rings. The van der Waals surface area contributed by atoms with Gasteiger partial charge in [0.1, 0.15) is 0 Å². The fourth-order valence-electron chi connectivity index (χ4n) is 3.58. The Labute approximate surface area is 116 Å². The average Bonchev–Trinajstić information content (AvgIpc) is 2.90. The molecule has 0 aliphatic carbocycles. The topological polar surface area (TPSA) is 49.8 Å². The van der Waals surface area contributed by atoms with Crippen LogP contribution in [-0.2, 0) is 9.53 Å². The van der Waals surface area contributed by atoms with Crippen molar-refractivity contribution >= 4 is 5.97 Å². The molecule has 0 saturated carbocycles. The minimum atomic E-state index is -0.601. The Morgan fingerprint density at radius 2 is 2.32 bits per heavy atom. The Balaban J connectivity index is 1.85. The number of hydrogen-bond donors (Lipinski definition) is 1. The highest BCUT2D eigenvalue weighted by Gasteiger charge is 2.41. The summed E-state index contributed by atoms with van der Waals surface area (Å²) < 4.78 is 5.65. The van der Waals surface area contributed by atoms with Gasteiger partial charge in [0.05, 0.1) is 11.5 Å². The van der Waals surface area contributed by atoms with E-state index in [1.54, 1.807) is 0 Å². The zero-order valence-electron chi connectivity index (χ0n) is 12.1. The predicted octanol–water partition coefficient (Wildman–Crippen LogP) is 2.52. The Hall–Kier alpha value is -0.610. The second kappa shape index (κ2) is 6.71. The molecule has 0 aromatic heterocycles. The van der Waals surface area contributed by atoms with Gasteiger partial charge in [-0.1, -0.05) is 13.3 Å². The molecule has 110 valence electrons. The first kappa shape index (κ1) is 14.8. The largest absolute Gasteiger partial charge is 0.481 e. The molecule has 0 spiro atoms. The molecular formula is C15H27NO3. The fraction of sp³-hybridized carbons (Fsp3) is 0.933. The molecule has 4 heteroatoms. The highest BCUT2D eigenvalue weighted by Crippen LogP contribution is 2.35. The van der Waals surface area contributed by atoms with E-state index in [0.29, 0.717) is 6.10 Å². The molecule has 2 saturated heterocycles. The van der Waals surface area contributed by atoms with Crippen LogP contribution < -0.4 is 0 Å². The second-order valence-electron chi connectivity index (χ2n) is 6.14. The number of likely N-dealkylation sites (tertiary alicyclic amines) is 1. The summed E-state index contributed by atoms with van der Waals surface area (Å²) in [7, 11) is 0. The minimum Gasteiger partial charge on any atom is -0.481 e. The molecule has 0 aromatic carbocycles. The number of nitrogens with zero attached hydrogens (tertiary/aromatic N) is 1. The van der Waals surface area contributed by atoms with Crippen molar-refractivity contribution in [3.05, 3.63) is 0 Å². The molecule has 2 atom stereocenters. The van der Waals surface area contributed by atoms with E-state index in [-0.39, 0.29) is 0 Å². The van der Waals surface area contributed by atoms with E-state index in [1.807, 2.05) is 0 Å². The van der Waals surface area contributed by atoms with Crippen LogP contribution in [0.5, 0.6) is 0 Å². The standard InChI is InChI=1S/C15H27NO3/c1-2-7-15(14(17)18)8-4-9-16(12-15)10-6-13-5-3-11-19-13/h13H,2-12H2,1H3,(H,17,18). The van der Waals surface area contributed by atoms with E-state index in [1.165, 1.54) is 12.8 Å². The lowest BCUT2D eigenvalue weighted by atomic mass is 9.76. The Kier molecular flexibility index (Phi) is 5.22. The molecule has 0 aromatic rings. The first-order valence-corrected chi connectivity index (χ1v) is 7.74. The molecule has 0 radical (unpaired) electrons. The third-order valence-electron chi connectivity index (χ3n) is 4.63. The van der Waals surface area contributed by atoms with Gasteiger partial charge in [0, 0.05) is 19.7 Å². The van der Waals surface area contributed by atoms with Gasteiger partial charge in [-0.15, -0.1) is 0 Å². The number of hydrogen-bond acceptors (Lipinski definition) is 3. The zero-order chi connectivity index (χ0) is 13.7. The summed E-state index contributed by atoms with van der Waals surface area (Å²) in [6, 6.07) is 0. The van der Waals surface area contributed by atoms with Crippen LogP contribution in [0.25, 0.3) is 0 Å². The van der Waals surface area contributed by atoms with Gasteiger partial charge < -0.3 is 14.7 Å². The number of rotatable bonds is 6. The van der Waals surface area contributed by atoms with Crippen LogP contribution in [0, 0.1) is 5.41 Å². The van der Waals surface area contributed by atoms with E-state index >= 15 is 0 Å². The molecule has 1 N–H and O–H groups in total. The maximum atomic E-state index is 11.6. The summed E-state index contributed by atoms with van der Waals surface area (Å²) in [6.45, 7) is 5.74. The summed E-state index contributed by atoms with van der Waals surface area (Å²) in [5.74, 6) is -0.601. The maximum Gasteiger partial charge on any atom is 0.310 e. The van der Waals surface area contributed by atoms with Gasteiger partial charge in [-0.3, -0.25) is 4.79 Å². The summed E-state index contributed by atoms with van der Waals surface area (Å²) in [6.07, 6.45) is 7.43. The lowest BCUT2D eigenvalue weighted by Crippen LogP contribution is -2.48. The first-order valence-electron chi connectivity index (χ1n) is 7.74. The molecule has 2 heterocycles. The predicted molar refractivity (Wildman–Crippen MR) is 74.2 cm³/mol. The van der Waals surface area contributed by atoms with Gasteiger partial charge >= 0.3 is 5.97 Å². The van der Waals surface area contributed by atoms with E-state index in [4.69, 9.17) is 4.74 Å². The highest BCUT2D eigenvalue weighted by atomic mass is 16.5. The van der Waals surface area contributed by atoms with Crippen molar-refractivity contribution in [1.82, 2.24) is 4.90 Å². The van der Waals surface area contributed by atoms with Crippen LogP contribution in [-0.4, -0.2) is 48.3 Å². The van der Waals surface area contributed by atoms with Crippen molar-refractivity contribution < 1.29 is 14.6 Å². The van der Waals surface area contributed by atoms with Crippen molar-refractivity contribution in [1.29, 1.82) is 0 Å². The van der Waals surface area contributed by atoms with Gasteiger partial charge in [-0.2, -0.15) is 0 Å². The van der Waals surface area contributed by atoms with E-state index < -0.39 is 11.4 Å². The molecule has 2 fully saturated rings. The SMILES string of the molecule is CCCC1(C(=O)O)CCCN(CCC2CCCO2)C1. The molecule has 0 amide bonds. The fourth-order valence-corrected chi connectivity index (χ4v) is 3.58. The van der Waals surface area contributed by atoms with Gasteiger partial charge in [0.25, 0.3) is 0 Å². The molecule has 0 bridgehead atoms. The molecule has 2 unspecified atom stereocenters. The molecule has 19 heavy (non-hydrogen) atoms. The molecule has 4 nitrogen and oxygen atoms in total. The third-order valence-corrected chi connectivity index (χ3v) is 4.63. The Bertz CT molecular complexity index is 298. The van der Waals surface area contributed by atoms with Crippen LogP contribution in [0.4, 0.5) is 0 Å². The lowest BCUT2D eigenvalue weighted by molar-refractivity contribution is -0.153. The smallest absolute Gasteiger partial charge is 0.310 e. The summed E-state index contributed by atoms with van der Waals surface area (Å²) in [4.78, 5) is 14.0. The van der Waals surface area contributed by atoms with Crippen LogP contribution >= 0.6 is 0 Å². The number of aliphatic carboxylic acids is 1. The van der Waals surface area contributed by atoms with Crippen molar-refractivity contribution in [2.75, 3.05) is 26.2 Å². The van der Waals surface area contributed by atoms with Crippen LogP contribution in [0.3, 0.4) is 0 Å². The summed E-state index contributed by atoms with van der Waals surface area (Å²) >= 11 is 0. The third kappa shape index (κ3) is 3.69. The molecular weight excluding hydrogens is 242 g/mol. The van der Waals surface area contributed by atoms with E-state index in [9.17, 15) is 9.90 Å². The molecule has 2 aliphatic heterocycles. The first-order chi connectivity index (χ1) is 9.16. The summed E-state index contributed by atoms with van der Waals surface area (Å²) in [5, 5.41) is 9.57. The minimum absolute atomic E-state index is 0.410. The van der Waals surface area contributed by atoms with Crippen molar-refractivity contribution in [3.63, 3.8) is 0 Å². The van der Waals surface area contributed by atoms with E-state index in [0.717, 1.165) is 58.3 Å². The van der Waals surface area contributed by atoms with Crippen LogP contribution in [0.15, 0.2) is 0 Å². The number of carbonyl (C=O) groups is 1. The zero-order valence-corrected chi connectivity index (χ0v) is 12.1. The van der Waals surface area contributed by atoms with Gasteiger partial charge in [-0.25, -0.2) is 0 Å². The van der Waals surface area contributed by atoms with E-state index in [2.05, 4.69) is 11.8 Å². The maximum absolute atomic E-state index is 11.6. The summed E-state index contributed by atoms with van der Waals surface area (Å²) in [5.41, 5.74) is -0.496. The number of ether oxygens (including phenoxy) is 1. The van der Waals surface area contributed by atoms with Crippen LogP contribution in [0.1, 0.15) is 51.9 Å². The van der Waals surface area contributed by atoms with Gasteiger partial charge in [0.2, 0.25) is 0 Å². The van der Waals surface area contributed by atoms with Crippen LogP contribution in [0.2, 0.25) is 0 Å². The second-order valence-corrected chi connectivity index (χ2v) is 6.14. The lowest BCUT2D eigenvalue weighted by Gasteiger charge is -2.40. The molecule has 2 rings (SSSR count). The van der Waals surface area contributed by atoms with Gasteiger partial charge in [-0.05, 0) is 45.1 Å². The van der Waals surface area contributed by atoms with Crippen molar-refractivity contribution in [3.8, 4) is 0 Å².